The first kappa shape index (κ1) is 71.1. The first-order chi connectivity index (χ1) is 36.5. The van der Waals surface area contributed by atoms with Crippen molar-refractivity contribution in [3.05, 3.63) is 60.8 Å². The van der Waals surface area contributed by atoms with Crippen LogP contribution in [0, 0.1) is 0 Å². The zero-order chi connectivity index (χ0) is 53.6. The number of carbonyl (C=O) groups is 3. The molecule has 0 bridgehead atoms. The maximum absolute atomic E-state index is 12.9. The summed E-state index contributed by atoms with van der Waals surface area (Å²) in [5.41, 5.74) is 0. The minimum absolute atomic E-state index is 0.0737. The molecule has 0 aromatic heterocycles. The smallest absolute Gasteiger partial charge is 0.306 e. The van der Waals surface area contributed by atoms with Crippen LogP contribution >= 0.6 is 0 Å². The number of esters is 3. The third-order valence-electron chi connectivity index (χ3n) is 14.2. The normalized spacial score (nSPS) is 12.4. The summed E-state index contributed by atoms with van der Waals surface area (Å²) >= 11 is 0. The lowest BCUT2D eigenvalue weighted by Gasteiger charge is -2.18. The van der Waals surface area contributed by atoms with E-state index in [0.29, 0.717) is 19.3 Å². The molecule has 0 aliphatic rings. The average molecular weight is 1040 g/mol. The molecule has 1 unspecified atom stereocenters. The summed E-state index contributed by atoms with van der Waals surface area (Å²) in [4.78, 5) is 38.1. The van der Waals surface area contributed by atoms with Gasteiger partial charge in [0.15, 0.2) is 6.10 Å². The van der Waals surface area contributed by atoms with Crippen LogP contribution in [-0.4, -0.2) is 37.2 Å². The van der Waals surface area contributed by atoms with Gasteiger partial charge in [0, 0.05) is 19.3 Å². The Morgan fingerprint density at radius 1 is 0.270 bits per heavy atom. The van der Waals surface area contributed by atoms with Gasteiger partial charge >= 0.3 is 17.9 Å². The van der Waals surface area contributed by atoms with Crippen molar-refractivity contribution < 1.29 is 28.6 Å². The number of hydrogen-bond donors (Lipinski definition) is 0. The SMILES string of the molecule is CCCCCCC/C=C\C/C=C\C/C=C\CCCCCCCCCCCCCCC(=O)OCC(COC(=O)CCCCCCCCCC)OC(=O)CCCCCCCCCCC/C=C\C/C=C\CCCCCCC. The predicted molar refractivity (Wildman–Crippen MR) is 321 cm³/mol. The number of allylic oxidation sites excluding steroid dienone is 10. The zero-order valence-corrected chi connectivity index (χ0v) is 49.4. The standard InChI is InChI=1S/C68H122O6/c1-4-7-10-13-16-19-21-23-25-27-29-31-32-33-34-35-36-38-39-41-43-45-47-49-52-55-58-61-67(70)73-64-65(63-72-66(69)60-57-54-51-18-15-12-9-6-3)74-68(71)62-59-56-53-50-48-46-44-42-40-37-30-28-26-24-22-20-17-14-11-8-5-2/h21-24,27-30,32-33,65H,4-20,25-26,31,34-64H2,1-3H3/b23-21-,24-22-,29-27-,30-28-,33-32-. The zero-order valence-electron chi connectivity index (χ0n) is 49.4. The third kappa shape index (κ3) is 60.0. The van der Waals surface area contributed by atoms with Gasteiger partial charge in [-0.2, -0.15) is 0 Å². The number of unbranched alkanes of at least 4 members (excludes halogenated alkanes) is 38. The lowest BCUT2D eigenvalue weighted by molar-refractivity contribution is -0.167. The Kier molecular flexibility index (Phi) is 60.2. The van der Waals surface area contributed by atoms with E-state index in [1.165, 1.54) is 218 Å². The van der Waals surface area contributed by atoms with E-state index in [4.69, 9.17) is 14.2 Å². The van der Waals surface area contributed by atoms with Gasteiger partial charge in [-0.05, 0) is 89.9 Å². The van der Waals surface area contributed by atoms with Gasteiger partial charge in [0.05, 0.1) is 0 Å². The van der Waals surface area contributed by atoms with E-state index in [-0.39, 0.29) is 31.1 Å². The Bertz CT molecular complexity index is 1330. The summed E-state index contributed by atoms with van der Waals surface area (Å²) in [7, 11) is 0. The maximum Gasteiger partial charge on any atom is 0.306 e. The predicted octanol–water partition coefficient (Wildman–Crippen LogP) is 21.9. The van der Waals surface area contributed by atoms with E-state index < -0.39 is 6.10 Å². The molecule has 0 N–H and O–H groups in total. The highest BCUT2D eigenvalue weighted by Crippen LogP contribution is 2.17. The summed E-state index contributed by atoms with van der Waals surface area (Å²) in [6.45, 7) is 6.62. The van der Waals surface area contributed by atoms with Gasteiger partial charge in [-0.1, -0.05) is 287 Å². The van der Waals surface area contributed by atoms with Crippen molar-refractivity contribution in [1.29, 1.82) is 0 Å². The largest absolute Gasteiger partial charge is 0.462 e. The van der Waals surface area contributed by atoms with Crippen LogP contribution in [0.25, 0.3) is 0 Å². The number of rotatable bonds is 59. The highest BCUT2D eigenvalue weighted by Gasteiger charge is 2.19. The van der Waals surface area contributed by atoms with Crippen LogP contribution in [0.2, 0.25) is 0 Å². The molecule has 0 heterocycles. The van der Waals surface area contributed by atoms with Crippen LogP contribution in [0.3, 0.4) is 0 Å². The van der Waals surface area contributed by atoms with E-state index in [2.05, 4.69) is 81.5 Å². The molecular formula is C68H122O6. The van der Waals surface area contributed by atoms with Crippen LogP contribution < -0.4 is 0 Å². The molecule has 0 fully saturated rings. The average Bonchev–Trinajstić information content (AvgIpc) is 3.40. The molecule has 0 aromatic carbocycles. The van der Waals surface area contributed by atoms with E-state index in [9.17, 15) is 14.4 Å². The molecule has 430 valence electrons. The van der Waals surface area contributed by atoms with E-state index in [1.807, 2.05) is 0 Å². The highest BCUT2D eigenvalue weighted by molar-refractivity contribution is 5.71. The van der Waals surface area contributed by atoms with Gasteiger partial charge in [0.1, 0.15) is 13.2 Å². The first-order valence-electron chi connectivity index (χ1n) is 32.3. The first-order valence-corrected chi connectivity index (χ1v) is 32.3. The lowest BCUT2D eigenvalue weighted by Crippen LogP contribution is -2.30. The van der Waals surface area contributed by atoms with E-state index in [1.54, 1.807) is 0 Å². The van der Waals surface area contributed by atoms with Gasteiger partial charge in [-0.15, -0.1) is 0 Å². The maximum atomic E-state index is 12.9. The van der Waals surface area contributed by atoms with Crippen molar-refractivity contribution in [2.75, 3.05) is 13.2 Å². The van der Waals surface area contributed by atoms with Gasteiger partial charge in [-0.3, -0.25) is 14.4 Å². The quantitative estimate of drug-likeness (QED) is 0.0261. The number of carbonyl (C=O) groups excluding carboxylic acids is 3. The monoisotopic (exact) mass is 1030 g/mol. The Hall–Kier alpha value is -2.89. The van der Waals surface area contributed by atoms with Crippen molar-refractivity contribution in [2.45, 2.75) is 341 Å². The fraction of sp³-hybridized carbons (Fsp3) is 0.809. The fourth-order valence-corrected chi connectivity index (χ4v) is 9.36. The summed E-state index contributed by atoms with van der Waals surface area (Å²) in [6.07, 6.45) is 79.6. The number of ether oxygens (including phenoxy) is 3. The molecule has 6 heteroatoms. The van der Waals surface area contributed by atoms with Crippen LogP contribution in [0.1, 0.15) is 335 Å². The third-order valence-corrected chi connectivity index (χ3v) is 14.2. The molecule has 0 radical (unpaired) electrons. The highest BCUT2D eigenvalue weighted by atomic mass is 16.6. The molecule has 0 amide bonds. The molecule has 0 aliphatic carbocycles. The van der Waals surface area contributed by atoms with Crippen LogP contribution in [0.5, 0.6) is 0 Å². The van der Waals surface area contributed by atoms with Gasteiger partial charge in [0.25, 0.3) is 0 Å². The van der Waals surface area contributed by atoms with Crippen molar-refractivity contribution in [1.82, 2.24) is 0 Å². The Morgan fingerprint density at radius 2 is 0.486 bits per heavy atom. The topological polar surface area (TPSA) is 78.9 Å². The van der Waals surface area contributed by atoms with Crippen LogP contribution in [0.4, 0.5) is 0 Å². The van der Waals surface area contributed by atoms with Gasteiger partial charge in [-0.25, -0.2) is 0 Å². The molecule has 0 saturated heterocycles. The van der Waals surface area contributed by atoms with Crippen LogP contribution in [-0.2, 0) is 28.6 Å². The van der Waals surface area contributed by atoms with Crippen molar-refractivity contribution in [3.63, 3.8) is 0 Å². The molecular weight excluding hydrogens is 913 g/mol. The Labute approximate surface area is 460 Å². The molecule has 6 nitrogen and oxygen atoms in total. The molecule has 0 aromatic rings. The summed E-state index contributed by atoms with van der Waals surface area (Å²) in [6, 6.07) is 0. The molecule has 1 atom stereocenters. The van der Waals surface area contributed by atoms with Gasteiger partial charge < -0.3 is 14.2 Å². The minimum atomic E-state index is -0.775. The molecule has 0 spiro atoms. The van der Waals surface area contributed by atoms with Crippen molar-refractivity contribution in [3.8, 4) is 0 Å². The minimum Gasteiger partial charge on any atom is -0.462 e. The second kappa shape index (κ2) is 62.6. The Morgan fingerprint density at radius 3 is 0.757 bits per heavy atom. The van der Waals surface area contributed by atoms with Gasteiger partial charge in [0.2, 0.25) is 0 Å². The second-order valence-electron chi connectivity index (χ2n) is 21.7. The molecule has 0 rings (SSSR count). The molecule has 0 saturated carbocycles. The fourth-order valence-electron chi connectivity index (χ4n) is 9.36. The molecule has 0 aliphatic heterocycles. The van der Waals surface area contributed by atoms with Crippen molar-refractivity contribution >= 4 is 17.9 Å². The summed E-state index contributed by atoms with van der Waals surface area (Å²) in [5.74, 6) is -0.869. The Balaban J connectivity index is 4.16. The number of hydrogen-bond acceptors (Lipinski definition) is 6. The lowest BCUT2D eigenvalue weighted by atomic mass is 10.0. The van der Waals surface area contributed by atoms with E-state index >= 15 is 0 Å². The summed E-state index contributed by atoms with van der Waals surface area (Å²) in [5, 5.41) is 0. The summed E-state index contributed by atoms with van der Waals surface area (Å²) < 4.78 is 16.9. The molecule has 74 heavy (non-hydrogen) atoms. The van der Waals surface area contributed by atoms with E-state index in [0.717, 1.165) is 77.0 Å². The van der Waals surface area contributed by atoms with Crippen LogP contribution in [0.15, 0.2) is 60.8 Å². The van der Waals surface area contributed by atoms with Crippen molar-refractivity contribution in [2.24, 2.45) is 0 Å². The second-order valence-corrected chi connectivity index (χ2v) is 21.7.